The largest absolute Gasteiger partial charge is 0.384 e. The van der Waals surface area contributed by atoms with E-state index >= 15 is 0 Å². The van der Waals surface area contributed by atoms with Crippen molar-refractivity contribution < 1.29 is 5.11 Å². The van der Waals surface area contributed by atoms with Gasteiger partial charge in [-0.25, -0.2) is 0 Å². The van der Waals surface area contributed by atoms with Gasteiger partial charge in [0.25, 0.3) is 0 Å². The zero-order chi connectivity index (χ0) is 14.4. The predicted molar refractivity (Wildman–Crippen MR) is 83.3 cm³/mol. The highest BCUT2D eigenvalue weighted by atomic mass is 16.3. The van der Waals surface area contributed by atoms with Crippen LogP contribution in [0.2, 0.25) is 0 Å². The molecule has 1 aromatic carbocycles. The molecule has 0 bridgehead atoms. The van der Waals surface area contributed by atoms with E-state index < -0.39 is 5.60 Å². The zero-order valence-electron chi connectivity index (χ0n) is 12.4. The fraction of sp³-hybridized carbons (Fsp3) is 0.421. The van der Waals surface area contributed by atoms with Gasteiger partial charge >= 0.3 is 0 Å². The number of hydrogen-bond donors (Lipinski definition) is 1. The second-order valence-electron chi connectivity index (χ2n) is 6.59. The van der Waals surface area contributed by atoms with Crippen LogP contribution in [0, 0.1) is 0 Å². The number of hydrogen-bond acceptors (Lipinski definition) is 2. The Kier molecular flexibility index (Phi) is 2.90. The lowest BCUT2D eigenvalue weighted by Gasteiger charge is -2.41. The van der Waals surface area contributed by atoms with Crippen LogP contribution in [0.4, 0.5) is 0 Å². The third kappa shape index (κ3) is 1.86. The van der Waals surface area contributed by atoms with E-state index in [1.807, 2.05) is 12.3 Å². The van der Waals surface area contributed by atoms with Gasteiger partial charge in [0.15, 0.2) is 0 Å². The third-order valence-corrected chi connectivity index (χ3v) is 5.45. The van der Waals surface area contributed by atoms with Crippen LogP contribution in [0.1, 0.15) is 60.4 Å². The molecule has 0 amide bonds. The maximum atomic E-state index is 11.5. The van der Waals surface area contributed by atoms with E-state index in [0.717, 1.165) is 36.9 Å². The Morgan fingerprint density at radius 3 is 2.90 bits per heavy atom. The van der Waals surface area contributed by atoms with Gasteiger partial charge in [0.05, 0.1) is 5.60 Å². The summed E-state index contributed by atoms with van der Waals surface area (Å²) in [7, 11) is 0. The summed E-state index contributed by atoms with van der Waals surface area (Å²) >= 11 is 0. The van der Waals surface area contributed by atoms with Crippen LogP contribution in [-0.4, -0.2) is 10.1 Å². The molecular weight excluding hydrogens is 258 g/mol. The Morgan fingerprint density at radius 1 is 1.14 bits per heavy atom. The second-order valence-corrected chi connectivity index (χ2v) is 6.59. The van der Waals surface area contributed by atoms with Crippen LogP contribution in [0.5, 0.6) is 0 Å². The molecule has 0 saturated carbocycles. The lowest BCUT2D eigenvalue weighted by Crippen LogP contribution is -2.37. The highest BCUT2D eigenvalue weighted by Gasteiger charge is 2.46. The molecule has 4 rings (SSSR count). The second kappa shape index (κ2) is 4.67. The van der Waals surface area contributed by atoms with Crippen molar-refractivity contribution in [1.29, 1.82) is 0 Å². The number of benzene rings is 1. The van der Waals surface area contributed by atoms with E-state index in [4.69, 9.17) is 0 Å². The number of rotatable bonds is 1. The molecule has 108 valence electrons. The summed E-state index contributed by atoms with van der Waals surface area (Å²) in [5.41, 5.74) is 4.13. The Morgan fingerprint density at radius 2 is 2.00 bits per heavy atom. The summed E-state index contributed by atoms with van der Waals surface area (Å²) < 4.78 is 0. The highest BCUT2D eigenvalue weighted by Crippen LogP contribution is 2.52. The molecule has 1 N–H and O–H groups in total. The highest BCUT2D eigenvalue weighted by molar-refractivity contribution is 5.42. The summed E-state index contributed by atoms with van der Waals surface area (Å²) in [4.78, 5) is 4.59. The Balaban J connectivity index is 1.84. The maximum absolute atomic E-state index is 11.5. The van der Waals surface area contributed by atoms with Gasteiger partial charge < -0.3 is 5.11 Å². The van der Waals surface area contributed by atoms with Gasteiger partial charge in [0.1, 0.15) is 0 Å². The third-order valence-electron chi connectivity index (χ3n) is 5.45. The van der Waals surface area contributed by atoms with Crippen molar-refractivity contribution >= 4 is 0 Å². The summed E-state index contributed by atoms with van der Waals surface area (Å²) in [6.07, 6.45) is 5.79. The molecule has 0 saturated heterocycles. The fourth-order valence-electron chi connectivity index (χ4n) is 4.29. The van der Waals surface area contributed by atoms with E-state index in [2.05, 4.69) is 42.2 Å². The molecule has 2 heteroatoms. The molecular formula is C19H21NO. The smallest absolute Gasteiger partial charge is 0.0983 e. The normalized spacial score (nSPS) is 30.8. The standard InChI is InChI=1S/C19H21NO/c1-13-10-11-19(21,16-7-3-2-6-15(13)16)17-9-8-14-5-4-12-20-18(14)17/h2-7,12-13,17,21H,8-11H2,1H3. The lowest BCUT2D eigenvalue weighted by molar-refractivity contribution is -0.0131. The first-order chi connectivity index (χ1) is 10.2. The molecule has 2 aromatic rings. The van der Waals surface area contributed by atoms with Crippen molar-refractivity contribution in [1.82, 2.24) is 4.98 Å². The molecule has 0 aliphatic heterocycles. The topological polar surface area (TPSA) is 33.1 Å². The van der Waals surface area contributed by atoms with Crippen LogP contribution < -0.4 is 0 Å². The van der Waals surface area contributed by atoms with Gasteiger partial charge in [-0.05, 0) is 54.4 Å². The van der Waals surface area contributed by atoms with Gasteiger partial charge in [-0.2, -0.15) is 0 Å². The summed E-state index contributed by atoms with van der Waals surface area (Å²) in [5, 5.41) is 11.5. The van der Waals surface area contributed by atoms with Crippen LogP contribution in [0.15, 0.2) is 42.6 Å². The van der Waals surface area contributed by atoms with Gasteiger partial charge in [0.2, 0.25) is 0 Å². The summed E-state index contributed by atoms with van der Waals surface area (Å²) in [5.74, 6) is 0.674. The number of nitrogens with zero attached hydrogens (tertiary/aromatic N) is 1. The Hall–Kier alpha value is -1.67. The predicted octanol–water partition coefficient (Wildman–Crippen LogP) is 3.90. The minimum Gasteiger partial charge on any atom is -0.384 e. The van der Waals surface area contributed by atoms with E-state index in [1.165, 1.54) is 11.1 Å². The molecule has 0 radical (unpaired) electrons. The quantitative estimate of drug-likeness (QED) is 0.859. The molecule has 3 unspecified atom stereocenters. The van der Waals surface area contributed by atoms with Gasteiger partial charge in [-0.15, -0.1) is 0 Å². The van der Waals surface area contributed by atoms with Gasteiger partial charge in [-0.3, -0.25) is 4.98 Å². The molecule has 1 aromatic heterocycles. The number of aliphatic hydroxyl groups is 1. The molecule has 2 nitrogen and oxygen atoms in total. The first-order valence-electron chi connectivity index (χ1n) is 7.96. The van der Waals surface area contributed by atoms with E-state index in [-0.39, 0.29) is 5.92 Å². The molecule has 2 aliphatic carbocycles. The number of aromatic nitrogens is 1. The number of fused-ring (bicyclic) bond motifs is 2. The average molecular weight is 279 g/mol. The van der Waals surface area contributed by atoms with Crippen molar-refractivity contribution in [2.24, 2.45) is 0 Å². The summed E-state index contributed by atoms with van der Waals surface area (Å²) in [6.45, 7) is 2.26. The van der Waals surface area contributed by atoms with Crippen LogP contribution in [0.25, 0.3) is 0 Å². The molecule has 0 fully saturated rings. The maximum Gasteiger partial charge on any atom is 0.0983 e. The molecule has 21 heavy (non-hydrogen) atoms. The van der Waals surface area contributed by atoms with Crippen molar-refractivity contribution in [2.75, 3.05) is 0 Å². The minimum atomic E-state index is -0.747. The fourth-order valence-corrected chi connectivity index (χ4v) is 4.29. The van der Waals surface area contributed by atoms with Crippen molar-refractivity contribution in [2.45, 2.75) is 50.0 Å². The monoisotopic (exact) mass is 279 g/mol. The average Bonchev–Trinajstić information content (AvgIpc) is 2.96. The SMILES string of the molecule is CC1CCC(O)(C2CCc3cccnc32)c2ccccc21. The Labute approximate surface area is 125 Å². The molecule has 0 spiro atoms. The van der Waals surface area contributed by atoms with Crippen LogP contribution >= 0.6 is 0 Å². The van der Waals surface area contributed by atoms with Gasteiger partial charge in [-0.1, -0.05) is 37.3 Å². The van der Waals surface area contributed by atoms with E-state index in [1.54, 1.807) is 0 Å². The first-order valence-corrected chi connectivity index (χ1v) is 7.96. The van der Waals surface area contributed by atoms with E-state index in [9.17, 15) is 5.11 Å². The van der Waals surface area contributed by atoms with Crippen molar-refractivity contribution in [3.05, 3.63) is 65.0 Å². The molecule has 2 aliphatic rings. The lowest BCUT2D eigenvalue weighted by atomic mass is 9.68. The minimum absolute atomic E-state index is 0.141. The molecule has 3 atom stereocenters. The Bertz CT molecular complexity index is 681. The summed E-state index contributed by atoms with van der Waals surface area (Å²) in [6, 6.07) is 12.6. The van der Waals surface area contributed by atoms with Crippen LogP contribution in [-0.2, 0) is 12.0 Å². The molecule has 1 heterocycles. The van der Waals surface area contributed by atoms with Crippen molar-refractivity contribution in [3.8, 4) is 0 Å². The first kappa shape index (κ1) is 13.0. The zero-order valence-corrected chi connectivity index (χ0v) is 12.4. The van der Waals surface area contributed by atoms with Gasteiger partial charge in [0, 0.05) is 17.8 Å². The number of aryl methyl sites for hydroxylation is 1. The van der Waals surface area contributed by atoms with Crippen molar-refractivity contribution in [3.63, 3.8) is 0 Å². The van der Waals surface area contributed by atoms with E-state index in [0.29, 0.717) is 5.92 Å². The number of pyridine rings is 1. The van der Waals surface area contributed by atoms with Crippen LogP contribution in [0.3, 0.4) is 0 Å².